The van der Waals surface area contributed by atoms with E-state index in [1.807, 2.05) is 11.9 Å². The van der Waals surface area contributed by atoms with Gasteiger partial charge in [0.15, 0.2) is 0 Å². The molecule has 3 atom stereocenters. The summed E-state index contributed by atoms with van der Waals surface area (Å²) >= 11 is 3.24. The number of fused-ring (bicyclic) bond motifs is 2. The first kappa shape index (κ1) is 13.8. The summed E-state index contributed by atoms with van der Waals surface area (Å²) in [6, 6.07) is 1.53. The number of hydrogen-bond donors (Lipinski definition) is 0. The van der Waals surface area contributed by atoms with E-state index in [4.69, 9.17) is 0 Å². The number of halogens is 1. The highest BCUT2D eigenvalue weighted by Crippen LogP contribution is 2.48. The third kappa shape index (κ3) is 2.53. The van der Waals surface area contributed by atoms with Crippen LogP contribution in [0.5, 0.6) is 0 Å². The van der Waals surface area contributed by atoms with Crippen LogP contribution in [0, 0.1) is 27.9 Å². The van der Waals surface area contributed by atoms with Crippen LogP contribution in [0.15, 0.2) is 16.7 Å². The van der Waals surface area contributed by atoms with E-state index >= 15 is 0 Å². The van der Waals surface area contributed by atoms with Gasteiger partial charge < -0.3 is 4.90 Å². The Morgan fingerprint density at radius 2 is 2.30 bits per heavy atom. The third-order valence-corrected chi connectivity index (χ3v) is 5.20. The molecule has 0 aliphatic heterocycles. The lowest BCUT2D eigenvalue weighted by Gasteiger charge is -2.27. The summed E-state index contributed by atoms with van der Waals surface area (Å²) < 4.78 is 0.640. The summed E-state index contributed by atoms with van der Waals surface area (Å²) in [5, 5.41) is 11.2. The summed E-state index contributed by atoms with van der Waals surface area (Å²) in [5.74, 6) is 2.85. The summed E-state index contributed by atoms with van der Waals surface area (Å²) in [4.78, 5) is 17.0. The molecule has 108 valence electrons. The van der Waals surface area contributed by atoms with E-state index in [1.165, 1.54) is 31.7 Å². The number of hydrogen-bond acceptors (Lipinski definition) is 4. The highest BCUT2D eigenvalue weighted by atomic mass is 79.9. The maximum atomic E-state index is 11.2. The molecule has 2 aliphatic rings. The van der Waals surface area contributed by atoms with E-state index < -0.39 is 0 Å². The maximum Gasteiger partial charge on any atom is 0.312 e. The van der Waals surface area contributed by atoms with Crippen molar-refractivity contribution in [3.05, 3.63) is 26.9 Å². The molecule has 0 radical (unpaired) electrons. The molecular formula is C14H18BrN3O2. The van der Waals surface area contributed by atoms with Crippen LogP contribution in [0.3, 0.4) is 0 Å². The zero-order chi connectivity index (χ0) is 14.3. The molecule has 0 spiro atoms. The molecule has 3 rings (SSSR count). The fourth-order valence-electron chi connectivity index (χ4n) is 3.89. The molecule has 1 aromatic heterocycles. The smallest absolute Gasteiger partial charge is 0.312 e. The number of pyridine rings is 1. The normalized spacial score (nSPS) is 27.8. The number of aromatic nitrogens is 1. The zero-order valence-electron chi connectivity index (χ0n) is 11.5. The highest BCUT2D eigenvalue weighted by Gasteiger charge is 2.40. The van der Waals surface area contributed by atoms with E-state index in [1.54, 1.807) is 6.20 Å². The van der Waals surface area contributed by atoms with Crippen molar-refractivity contribution in [3.63, 3.8) is 0 Å². The maximum absolute atomic E-state index is 11.2. The standard InChI is InChI=1S/C14H18BrN3O2/c1-17(8-11-5-9-2-3-10(11)4-9)14-13(18(19)20)6-12(15)7-16-14/h6-7,9-11H,2-5,8H2,1H3. The molecule has 2 fully saturated rings. The molecule has 1 aromatic rings. The van der Waals surface area contributed by atoms with Crippen LogP contribution < -0.4 is 4.90 Å². The van der Waals surface area contributed by atoms with Gasteiger partial charge in [-0.3, -0.25) is 10.1 Å². The third-order valence-electron chi connectivity index (χ3n) is 4.77. The van der Waals surface area contributed by atoms with Crippen molar-refractivity contribution in [2.75, 3.05) is 18.5 Å². The van der Waals surface area contributed by atoms with Crippen molar-refractivity contribution in [1.82, 2.24) is 4.98 Å². The second-order valence-electron chi connectivity index (χ2n) is 6.07. The van der Waals surface area contributed by atoms with Crippen LogP contribution >= 0.6 is 15.9 Å². The topological polar surface area (TPSA) is 59.3 Å². The molecule has 1 heterocycles. The number of anilines is 1. The Kier molecular flexibility index (Phi) is 3.67. The summed E-state index contributed by atoms with van der Waals surface area (Å²) in [6.07, 6.45) is 6.97. The lowest BCUT2D eigenvalue weighted by atomic mass is 9.88. The monoisotopic (exact) mass is 339 g/mol. The van der Waals surface area contributed by atoms with E-state index in [9.17, 15) is 10.1 Å². The molecule has 6 heteroatoms. The van der Waals surface area contributed by atoms with Gasteiger partial charge in [0, 0.05) is 30.3 Å². The van der Waals surface area contributed by atoms with Crippen LogP contribution in [0.2, 0.25) is 0 Å². The van der Waals surface area contributed by atoms with Crippen molar-refractivity contribution in [2.24, 2.45) is 17.8 Å². The van der Waals surface area contributed by atoms with Gasteiger partial charge in [-0.2, -0.15) is 0 Å². The quantitative estimate of drug-likeness (QED) is 0.620. The summed E-state index contributed by atoms with van der Waals surface area (Å²) in [6.45, 7) is 0.872. The Hall–Kier alpha value is -1.17. The van der Waals surface area contributed by atoms with E-state index in [-0.39, 0.29) is 10.6 Å². The van der Waals surface area contributed by atoms with Gasteiger partial charge in [0.1, 0.15) is 0 Å². The van der Waals surface area contributed by atoms with Gasteiger partial charge in [-0.1, -0.05) is 6.42 Å². The molecule has 0 amide bonds. The van der Waals surface area contributed by atoms with E-state index in [0.29, 0.717) is 16.2 Å². The van der Waals surface area contributed by atoms with Gasteiger partial charge >= 0.3 is 5.69 Å². The minimum atomic E-state index is -0.357. The Balaban J connectivity index is 1.77. The van der Waals surface area contributed by atoms with Crippen LogP contribution in [0.25, 0.3) is 0 Å². The van der Waals surface area contributed by atoms with Gasteiger partial charge in [0.25, 0.3) is 0 Å². The van der Waals surface area contributed by atoms with Crippen LogP contribution in [-0.4, -0.2) is 23.5 Å². The lowest BCUT2D eigenvalue weighted by molar-refractivity contribution is -0.384. The van der Waals surface area contributed by atoms with Crippen molar-refractivity contribution >= 4 is 27.4 Å². The van der Waals surface area contributed by atoms with E-state index in [0.717, 1.165) is 18.4 Å². The molecule has 3 unspecified atom stereocenters. The van der Waals surface area contributed by atoms with Crippen molar-refractivity contribution in [1.29, 1.82) is 0 Å². The van der Waals surface area contributed by atoms with Gasteiger partial charge in [-0.15, -0.1) is 0 Å². The number of nitrogens with zero attached hydrogens (tertiary/aromatic N) is 3. The SMILES string of the molecule is CN(CC1CC2CCC1C2)c1ncc(Br)cc1[N+](=O)[O-]. The molecule has 20 heavy (non-hydrogen) atoms. The second kappa shape index (κ2) is 5.31. The average molecular weight is 340 g/mol. The molecule has 0 aromatic carbocycles. The molecule has 0 N–H and O–H groups in total. The molecule has 5 nitrogen and oxygen atoms in total. The minimum absolute atomic E-state index is 0.0741. The molecule has 2 aliphatic carbocycles. The number of nitro groups is 1. The molecular weight excluding hydrogens is 322 g/mol. The summed E-state index contributed by atoms with van der Waals surface area (Å²) in [7, 11) is 1.91. The first-order valence-corrected chi connectivity index (χ1v) is 7.85. The first-order chi connectivity index (χ1) is 9.54. The van der Waals surface area contributed by atoms with Crippen LogP contribution in [0.4, 0.5) is 11.5 Å². The predicted octanol–water partition coefficient (Wildman–Crippen LogP) is 3.62. The fraction of sp³-hybridized carbons (Fsp3) is 0.643. The second-order valence-corrected chi connectivity index (χ2v) is 6.98. The first-order valence-electron chi connectivity index (χ1n) is 7.05. The van der Waals surface area contributed by atoms with E-state index in [2.05, 4.69) is 20.9 Å². The van der Waals surface area contributed by atoms with Crippen molar-refractivity contribution in [3.8, 4) is 0 Å². The van der Waals surface area contributed by atoms with Gasteiger partial charge in [-0.25, -0.2) is 4.98 Å². The fourth-order valence-corrected chi connectivity index (χ4v) is 4.21. The van der Waals surface area contributed by atoms with Crippen molar-refractivity contribution in [2.45, 2.75) is 25.7 Å². The molecule has 2 saturated carbocycles. The lowest BCUT2D eigenvalue weighted by Crippen LogP contribution is -2.29. The van der Waals surface area contributed by atoms with Crippen molar-refractivity contribution < 1.29 is 4.92 Å². The predicted molar refractivity (Wildman–Crippen MR) is 80.8 cm³/mol. The van der Waals surface area contributed by atoms with Crippen LogP contribution in [0.1, 0.15) is 25.7 Å². The largest absolute Gasteiger partial charge is 0.354 e. The van der Waals surface area contributed by atoms with Gasteiger partial charge in [0.05, 0.1) is 4.92 Å². The Morgan fingerprint density at radius 1 is 1.50 bits per heavy atom. The molecule has 2 bridgehead atoms. The molecule has 0 saturated heterocycles. The number of rotatable bonds is 4. The van der Waals surface area contributed by atoms with Crippen LogP contribution in [-0.2, 0) is 0 Å². The summed E-state index contributed by atoms with van der Waals surface area (Å²) in [5.41, 5.74) is 0.0741. The average Bonchev–Trinajstić information content (AvgIpc) is 3.00. The Labute approximate surface area is 126 Å². The Bertz CT molecular complexity index is 537. The van der Waals surface area contributed by atoms with Gasteiger partial charge in [-0.05, 0) is 52.9 Å². The Morgan fingerprint density at radius 3 is 2.90 bits per heavy atom. The zero-order valence-corrected chi connectivity index (χ0v) is 13.0. The van der Waals surface area contributed by atoms with Gasteiger partial charge in [0.2, 0.25) is 5.82 Å². The minimum Gasteiger partial charge on any atom is -0.354 e. The highest BCUT2D eigenvalue weighted by molar-refractivity contribution is 9.10.